The zero-order valence-corrected chi connectivity index (χ0v) is 15.9. The predicted molar refractivity (Wildman–Crippen MR) is 110 cm³/mol. The molecule has 2 aromatic heterocycles. The lowest BCUT2D eigenvalue weighted by Crippen LogP contribution is -1.91. The largest absolute Gasteiger partial charge is 0.507 e. The first-order valence-corrected chi connectivity index (χ1v) is 9.18. The molecular weight excluding hydrogens is 366 g/mol. The van der Waals surface area contributed by atoms with Crippen LogP contribution in [0.2, 0.25) is 0 Å². The van der Waals surface area contributed by atoms with Gasteiger partial charge in [-0.2, -0.15) is 4.98 Å². The zero-order chi connectivity index (χ0) is 20.0. The molecule has 1 N–H and O–H groups in total. The number of hydrogen-bond donors (Lipinski definition) is 1. The highest BCUT2D eigenvalue weighted by Crippen LogP contribution is 2.31. The van der Waals surface area contributed by atoms with E-state index < -0.39 is 0 Å². The monoisotopic (exact) mass is 383 g/mol. The van der Waals surface area contributed by atoms with Crippen LogP contribution in [0.5, 0.6) is 17.5 Å². The van der Waals surface area contributed by atoms with Crippen molar-refractivity contribution in [1.29, 1.82) is 0 Å². The second-order valence-corrected chi connectivity index (χ2v) is 6.93. The Balaban J connectivity index is 1.49. The number of ether oxygens (including phenoxy) is 1. The van der Waals surface area contributed by atoms with Crippen LogP contribution < -0.4 is 4.74 Å². The van der Waals surface area contributed by atoms with Crippen molar-refractivity contribution < 1.29 is 14.3 Å². The maximum absolute atomic E-state index is 9.97. The van der Waals surface area contributed by atoms with Crippen LogP contribution >= 0.6 is 0 Å². The van der Waals surface area contributed by atoms with Crippen molar-refractivity contribution in [3.8, 4) is 29.0 Å². The molecule has 0 radical (unpaired) electrons. The molecule has 0 saturated heterocycles. The van der Waals surface area contributed by atoms with Gasteiger partial charge in [-0.3, -0.25) is 0 Å². The summed E-state index contributed by atoms with van der Waals surface area (Å²) < 4.78 is 11.6. The number of rotatable bonds is 3. The number of phenols is 1. The molecule has 0 aliphatic rings. The lowest BCUT2D eigenvalue weighted by molar-refractivity contribution is 0.441. The predicted octanol–water partition coefficient (Wildman–Crippen LogP) is 5.55. The first-order valence-electron chi connectivity index (χ1n) is 9.18. The molecule has 2 heterocycles. The van der Waals surface area contributed by atoms with E-state index in [2.05, 4.69) is 15.0 Å². The molecule has 3 aromatic carbocycles. The Kier molecular flexibility index (Phi) is 3.91. The molecule has 0 spiro atoms. The molecule has 0 atom stereocenters. The number of phenolic OH excluding ortho intramolecular Hbond substituents is 1. The minimum absolute atomic E-state index is 0.188. The Labute approximate surface area is 166 Å². The van der Waals surface area contributed by atoms with Gasteiger partial charge in [0.1, 0.15) is 17.0 Å². The number of fused-ring (bicyclic) bond motifs is 2. The SMILES string of the molecule is Cc1cc(-c2nc3cnc(Oc4ccc5ccccc5c4)nc3o2)cc(C)c1O. The lowest BCUT2D eigenvalue weighted by atomic mass is 10.1. The number of aryl methyl sites for hydroxylation is 2. The maximum atomic E-state index is 9.97. The van der Waals surface area contributed by atoms with Crippen LogP contribution in [0.25, 0.3) is 33.5 Å². The molecule has 0 saturated carbocycles. The molecule has 0 fully saturated rings. The van der Waals surface area contributed by atoms with Gasteiger partial charge in [-0.1, -0.05) is 30.3 Å². The number of aromatic hydroxyl groups is 1. The van der Waals surface area contributed by atoms with E-state index in [9.17, 15) is 5.11 Å². The number of benzene rings is 3. The van der Waals surface area contributed by atoms with Gasteiger partial charge in [0.2, 0.25) is 5.89 Å². The summed E-state index contributed by atoms with van der Waals surface area (Å²) in [4.78, 5) is 13.0. The second-order valence-electron chi connectivity index (χ2n) is 6.93. The molecule has 5 rings (SSSR count). The van der Waals surface area contributed by atoms with Gasteiger partial charge >= 0.3 is 6.01 Å². The summed E-state index contributed by atoms with van der Waals surface area (Å²) >= 11 is 0. The van der Waals surface area contributed by atoms with E-state index in [0.29, 0.717) is 22.9 Å². The summed E-state index contributed by atoms with van der Waals surface area (Å²) in [6.07, 6.45) is 1.58. The fraction of sp³-hybridized carbons (Fsp3) is 0.0870. The van der Waals surface area contributed by atoms with E-state index in [4.69, 9.17) is 9.15 Å². The van der Waals surface area contributed by atoms with Gasteiger partial charge < -0.3 is 14.3 Å². The van der Waals surface area contributed by atoms with Crippen molar-refractivity contribution in [3.63, 3.8) is 0 Å². The van der Waals surface area contributed by atoms with Crippen LogP contribution in [-0.2, 0) is 0 Å². The van der Waals surface area contributed by atoms with Gasteiger partial charge in [-0.05, 0) is 60.0 Å². The first-order chi connectivity index (χ1) is 14.1. The van der Waals surface area contributed by atoms with E-state index in [0.717, 1.165) is 27.5 Å². The Bertz CT molecular complexity index is 1350. The third-order valence-corrected chi connectivity index (χ3v) is 4.80. The third kappa shape index (κ3) is 3.14. The molecule has 6 heteroatoms. The van der Waals surface area contributed by atoms with Crippen LogP contribution in [0.1, 0.15) is 11.1 Å². The molecule has 6 nitrogen and oxygen atoms in total. The van der Waals surface area contributed by atoms with E-state index in [1.54, 1.807) is 6.20 Å². The summed E-state index contributed by atoms with van der Waals surface area (Å²) in [6, 6.07) is 17.7. The van der Waals surface area contributed by atoms with Gasteiger partial charge in [-0.25, -0.2) is 9.97 Å². The van der Waals surface area contributed by atoms with Crippen LogP contribution in [0.3, 0.4) is 0 Å². The van der Waals surface area contributed by atoms with Crippen LogP contribution in [0.15, 0.2) is 65.2 Å². The summed E-state index contributed by atoms with van der Waals surface area (Å²) in [6.45, 7) is 3.67. The normalized spacial score (nSPS) is 11.2. The van der Waals surface area contributed by atoms with Gasteiger partial charge in [0, 0.05) is 5.56 Å². The fourth-order valence-corrected chi connectivity index (χ4v) is 3.31. The minimum atomic E-state index is 0.188. The molecule has 0 amide bonds. The Morgan fingerprint density at radius 2 is 1.66 bits per heavy atom. The maximum Gasteiger partial charge on any atom is 0.325 e. The van der Waals surface area contributed by atoms with Crippen molar-refractivity contribution in [3.05, 3.63) is 71.9 Å². The molecule has 0 aliphatic carbocycles. The summed E-state index contributed by atoms with van der Waals surface area (Å²) in [5.74, 6) is 1.34. The van der Waals surface area contributed by atoms with Gasteiger partial charge in [-0.15, -0.1) is 0 Å². The number of hydrogen-bond acceptors (Lipinski definition) is 6. The second kappa shape index (κ2) is 6.60. The van der Waals surface area contributed by atoms with Gasteiger partial charge in [0.05, 0.1) is 6.20 Å². The molecule has 5 aromatic rings. The van der Waals surface area contributed by atoms with E-state index in [1.807, 2.05) is 68.4 Å². The van der Waals surface area contributed by atoms with Crippen LogP contribution in [0, 0.1) is 13.8 Å². The summed E-state index contributed by atoms with van der Waals surface area (Å²) in [5, 5.41) is 12.2. The van der Waals surface area contributed by atoms with Crippen molar-refractivity contribution in [2.24, 2.45) is 0 Å². The highest BCUT2D eigenvalue weighted by molar-refractivity contribution is 5.83. The molecule has 0 unspecified atom stereocenters. The Morgan fingerprint density at radius 3 is 2.45 bits per heavy atom. The fourth-order valence-electron chi connectivity index (χ4n) is 3.31. The quantitative estimate of drug-likeness (QED) is 0.440. The lowest BCUT2D eigenvalue weighted by Gasteiger charge is -2.05. The third-order valence-electron chi connectivity index (χ3n) is 4.80. The zero-order valence-electron chi connectivity index (χ0n) is 15.9. The van der Waals surface area contributed by atoms with Crippen molar-refractivity contribution in [2.75, 3.05) is 0 Å². The summed E-state index contributed by atoms with van der Waals surface area (Å²) in [7, 11) is 0. The topological polar surface area (TPSA) is 81.3 Å². The minimum Gasteiger partial charge on any atom is -0.507 e. The van der Waals surface area contributed by atoms with Crippen LogP contribution in [0.4, 0.5) is 0 Å². The van der Waals surface area contributed by atoms with E-state index in [1.165, 1.54) is 0 Å². The number of aromatic nitrogens is 3. The average Bonchev–Trinajstić information content (AvgIpc) is 3.15. The molecule has 142 valence electrons. The van der Waals surface area contributed by atoms with Crippen molar-refractivity contribution in [1.82, 2.24) is 15.0 Å². The van der Waals surface area contributed by atoms with Crippen molar-refractivity contribution >= 4 is 22.0 Å². The molecule has 29 heavy (non-hydrogen) atoms. The number of oxazole rings is 1. The molecular formula is C23H17N3O3. The van der Waals surface area contributed by atoms with E-state index >= 15 is 0 Å². The molecule has 0 bridgehead atoms. The number of nitrogens with zero attached hydrogens (tertiary/aromatic N) is 3. The highest BCUT2D eigenvalue weighted by atomic mass is 16.5. The van der Waals surface area contributed by atoms with E-state index in [-0.39, 0.29) is 11.8 Å². The Morgan fingerprint density at radius 1 is 0.897 bits per heavy atom. The summed E-state index contributed by atoms with van der Waals surface area (Å²) in [5.41, 5.74) is 3.17. The van der Waals surface area contributed by atoms with Gasteiger partial charge in [0.25, 0.3) is 5.71 Å². The van der Waals surface area contributed by atoms with Gasteiger partial charge in [0.15, 0.2) is 0 Å². The standard InChI is InChI=1S/C23H17N3O3/c1-13-9-17(10-14(2)20(13)27)21-25-19-12-24-23(26-22(19)29-21)28-18-8-7-15-5-3-4-6-16(15)11-18/h3-12,27H,1-2H3. The first kappa shape index (κ1) is 17.2. The average molecular weight is 383 g/mol. The van der Waals surface area contributed by atoms with Crippen LogP contribution in [-0.4, -0.2) is 20.1 Å². The highest BCUT2D eigenvalue weighted by Gasteiger charge is 2.14. The Hall–Kier alpha value is -3.93. The smallest absolute Gasteiger partial charge is 0.325 e. The van der Waals surface area contributed by atoms with Crippen molar-refractivity contribution in [2.45, 2.75) is 13.8 Å². The molecule has 0 aliphatic heterocycles.